The third-order valence-corrected chi connectivity index (χ3v) is 6.08. The summed E-state index contributed by atoms with van der Waals surface area (Å²) in [6, 6.07) is 4.02. The van der Waals surface area contributed by atoms with Gasteiger partial charge in [0, 0.05) is 37.9 Å². The molecule has 10 nitrogen and oxygen atoms in total. The van der Waals surface area contributed by atoms with Crippen LogP contribution >= 0.6 is 0 Å². The van der Waals surface area contributed by atoms with E-state index in [0.717, 1.165) is 22.3 Å². The van der Waals surface area contributed by atoms with Crippen molar-refractivity contribution in [1.29, 1.82) is 0 Å². The second-order valence-corrected chi connectivity index (χ2v) is 8.96. The third kappa shape index (κ3) is 3.99. The van der Waals surface area contributed by atoms with Gasteiger partial charge in [0.25, 0.3) is 5.56 Å². The van der Waals surface area contributed by atoms with E-state index >= 15 is 0 Å². The number of rotatable bonds is 4. The smallest absolute Gasteiger partial charge is 0.267 e. The summed E-state index contributed by atoms with van der Waals surface area (Å²) < 4.78 is 27.4. The molecule has 11 heteroatoms. The molecule has 1 atom stereocenters. The second kappa shape index (κ2) is 7.47. The topological polar surface area (TPSA) is 110 Å². The molecule has 1 saturated heterocycles. The molecule has 0 aliphatic carbocycles. The zero-order valence-electron chi connectivity index (χ0n) is 16.4. The van der Waals surface area contributed by atoms with E-state index < -0.39 is 16.1 Å². The maximum atomic E-state index is 12.9. The minimum atomic E-state index is -3.27. The number of piperazine rings is 1. The summed E-state index contributed by atoms with van der Waals surface area (Å²) in [5, 5.41) is 8.70. The molecule has 2 aromatic heterocycles. The van der Waals surface area contributed by atoms with Gasteiger partial charge in [0.15, 0.2) is 5.82 Å². The molecule has 1 fully saturated rings. The Hall–Kier alpha value is -2.53. The van der Waals surface area contributed by atoms with E-state index in [4.69, 9.17) is 0 Å². The first-order valence-electron chi connectivity index (χ1n) is 8.95. The average molecular weight is 408 g/mol. The molecule has 2 aromatic rings. The monoisotopic (exact) mass is 408 g/mol. The number of hydrogen-bond acceptors (Lipinski definition) is 6. The van der Waals surface area contributed by atoms with Crippen LogP contribution in [0, 0.1) is 13.8 Å². The van der Waals surface area contributed by atoms with Crippen LogP contribution in [0.25, 0.3) is 5.82 Å². The van der Waals surface area contributed by atoms with Gasteiger partial charge in [-0.25, -0.2) is 17.8 Å². The Labute approximate surface area is 163 Å². The van der Waals surface area contributed by atoms with Crippen molar-refractivity contribution in [2.75, 3.05) is 32.4 Å². The van der Waals surface area contributed by atoms with Gasteiger partial charge in [-0.3, -0.25) is 9.59 Å². The van der Waals surface area contributed by atoms with E-state index in [1.807, 2.05) is 19.9 Å². The van der Waals surface area contributed by atoms with E-state index in [1.54, 1.807) is 22.6 Å². The summed E-state index contributed by atoms with van der Waals surface area (Å²) in [7, 11) is -3.27. The summed E-state index contributed by atoms with van der Waals surface area (Å²) in [5.74, 6) is 0.181. The van der Waals surface area contributed by atoms with Gasteiger partial charge in [0.05, 0.1) is 11.9 Å². The SMILES string of the molecule is Cc1cc(C)n(-c2ccc(=O)n(C(C)C(=O)N3CCN(S(C)(=O)=O)CC3)n2)n1. The van der Waals surface area contributed by atoms with Gasteiger partial charge in [-0.1, -0.05) is 0 Å². The summed E-state index contributed by atoms with van der Waals surface area (Å²) in [4.78, 5) is 26.7. The van der Waals surface area contributed by atoms with Crippen molar-refractivity contribution < 1.29 is 13.2 Å². The highest BCUT2D eigenvalue weighted by Gasteiger charge is 2.29. The molecule has 1 aliphatic rings. The van der Waals surface area contributed by atoms with E-state index in [2.05, 4.69) is 10.2 Å². The molecule has 0 radical (unpaired) electrons. The molecule has 28 heavy (non-hydrogen) atoms. The molecule has 0 aromatic carbocycles. The normalized spacial score (nSPS) is 16.9. The number of carbonyl (C=O) groups is 1. The van der Waals surface area contributed by atoms with Crippen molar-refractivity contribution in [3.63, 3.8) is 0 Å². The Morgan fingerprint density at radius 2 is 1.75 bits per heavy atom. The highest BCUT2D eigenvalue weighted by atomic mass is 32.2. The minimum absolute atomic E-state index is 0.241. The van der Waals surface area contributed by atoms with Crippen LogP contribution in [0.2, 0.25) is 0 Å². The van der Waals surface area contributed by atoms with Crippen molar-refractivity contribution in [2.45, 2.75) is 26.8 Å². The molecule has 3 heterocycles. The standard InChI is InChI=1S/C17H24N6O4S/c1-12-11-13(2)22(18-12)15-5-6-16(24)23(19-15)14(3)17(25)20-7-9-21(10-8-20)28(4,26)27/h5-6,11,14H,7-10H2,1-4H3. The maximum Gasteiger partial charge on any atom is 0.267 e. The fraction of sp³-hybridized carbons (Fsp3) is 0.529. The van der Waals surface area contributed by atoms with Crippen LogP contribution in [-0.4, -0.2) is 75.5 Å². The number of hydrogen-bond donors (Lipinski definition) is 0. The Morgan fingerprint density at radius 1 is 1.11 bits per heavy atom. The highest BCUT2D eigenvalue weighted by molar-refractivity contribution is 7.88. The molecular formula is C17H24N6O4S. The number of aromatic nitrogens is 4. The Balaban J connectivity index is 1.81. The van der Waals surface area contributed by atoms with Crippen LogP contribution in [0.4, 0.5) is 0 Å². The van der Waals surface area contributed by atoms with E-state index in [1.165, 1.54) is 10.4 Å². The Kier molecular flexibility index (Phi) is 5.39. The van der Waals surface area contributed by atoms with Crippen molar-refractivity contribution in [2.24, 2.45) is 0 Å². The number of amides is 1. The van der Waals surface area contributed by atoms with Gasteiger partial charge in [-0.15, -0.1) is 5.10 Å². The number of sulfonamides is 1. The van der Waals surface area contributed by atoms with Crippen LogP contribution in [-0.2, 0) is 14.8 Å². The summed E-state index contributed by atoms with van der Waals surface area (Å²) in [6.45, 7) is 6.40. The maximum absolute atomic E-state index is 12.9. The largest absolute Gasteiger partial charge is 0.338 e. The molecule has 0 bridgehead atoms. The van der Waals surface area contributed by atoms with Crippen molar-refractivity contribution in [1.82, 2.24) is 28.8 Å². The van der Waals surface area contributed by atoms with E-state index in [9.17, 15) is 18.0 Å². The number of carbonyl (C=O) groups excluding carboxylic acids is 1. The fourth-order valence-electron chi connectivity index (χ4n) is 3.28. The van der Waals surface area contributed by atoms with Gasteiger partial charge < -0.3 is 4.90 Å². The summed E-state index contributed by atoms with van der Waals surface area (Å²) in [6.07, 6.45) is 1.15. The molecule has 0 spiro atoms. The van der Waals surface area contributed by atoms with E-state index in [-0.39, 0.29) is 37.6 Å². The summed E-state index contributed by atoms with van der Waals surface area (Å²) in [5.41, 5.74) is 1.30. The van der Waals surface area contributed by atoms with Gasteiger partial charge in [-0.05, 0) is 32.9 Å². The Bertz CT molecular complexity index is 1050. The van der Waals surface area contributed by atoms with Crippen LogP contribution in [0.1, 0.15) is 24.4 Å². The molecule has 0 N–H and O–H groups in total. The highest BCUT2D eigenvalue weighted by Crippen LogP contribution is 2.13. The number of aryl methyl sites for hydroxylation is 2. The van der Waals surface area contributed by atoms with Gasteiger partial charge in [-0.2, -0.15) is 9.40 Å². The Morgan fingerprint density at radius 3 is 2.29 bits per heavy atom. The molecule has 0 saturated carbocycles. The van der Waals surface area contributed by atoms with Crippen molar-refractivity contribution in [3.8, 4) is 5.82 Å². The van der Waals surface area contributed by atoms with Gasteiger partial charge in [0.1, 0.15) is 6.04 Å². The first kappa shape index (κ1) is 20.2. The van der Waals surface area contributed by atoms with Crippen molar-refractivity contribution in [3.05, 3.63) is 39.9 Å². The molecular weight excluding hydrogens is 384 g/mol. The second-order valence-electron chi connectivity index (χ2n) is 6.98. The molecule has 1 unspecified atom stereocenters. The average Bonchev–Trinajstić information content (AvgIpc) is 2.98. The first-order valence-corrected chi connectivity index (χ1v) is 10.8. The van der Waals surface area contributed by atoms with Crippen LogP contribution < -0.4 is 5.56 Å². The lowest BCUT2D eigenvalue weighted by Crippen LogP contribution is -2.52. The molecule has 152 valence electrons. The van der Waals surface area contributed by atoms with Gasteiger partial charge in [0.2, 0.25) is 15.9 Å². The predicted molar refractivity (Wildman–Crippen MR) is 103 cm³/mol. The molecule has 1 amide bonds. The zero-order chi connectivity index (χ0) is 20.6. The van der Waals surface area contributed by atoms with Crippen LogP contribution in [0.5, 0.6) is 0 Å². The quantitative estimate of drug-likeness (QED) is 0.688. The first-order chi connectivity index (χ1) is 13.1. The fourth-order valence-corrected chi connectivity index (χ4v) is 4.10. The minimum Gasteiger partial charge on any atom is -0.338 e. The summed E-state index contributed by atoms with van der Waals surface area (Å²) >= 11 is 0. The lowest BCUT2D eigenvalue weighted by atomic mass is 10.2. The number of nitrogens with zero attached hydrogens (tertiary/aromatic N) is 6. The van der Waals surface area contributed by atoms with Crippen LogP contribution in [0.3, 0.4) is 0 Å². The van der Waals surface area contributed by atoms with Gasteiger partial charge >= 0.3 is 0 Å². The molecule has 3 rings (SSSR count). The van der Waals surface area contributed by atoms with Crippen LogP contribution in [0.15, 0.2) is 23.0 Å². The van der Waals surface area contributed by atoms with Crippen molar-refractivity contribution >= 4 is 15.9 Å². The lowest BCUT2D eigenvalue weighted by Gasteiger charge is -2.34. The lowest BCUT2D eigenvalue weighted by molar-refractivity contribution is -0.135. The predicted octanol–water partition coefficient (Wildman–Crippen LogP) is -0.289. The molecule has 1 aliphatic heterocycles. The zero-order valence-corrected chi connectivity index (χ0v) is 17.2. The third-order valence-electron chi connectivity index (χ3n) is 4.78. The van der Waals surface area contributed by atoms with E-state index in [0.29, 0.717) is 5.82 Å².